The number of hydrogen-bond acceptors (Lipinski definition) is 4. The standard InChI is InChI=1S/C21H17ClO4/c1-25-20-9-8-17(12-18(20)22)19(23)13-26-21(24)11-14-6-7-15-4-2-3-5-16(15)10-14/h2-10,12H,11,13H2,1H3. The van der Waals surface area contributed by atoms with Crippen molar-refractivity contribution in [2.24, 2.45) is 0 Å². The highest BCUT2D eigenvalue weighted by atomic mass is 35.5. The molecule has 3 aromatic rings. The zero-order chi connectivity index (χ0) is 18.5. The van der Waals surface area contributed by atoms with Crippen molar-refractivity contribution in [2.75, 3.05) is 13.7 Å². The molecule has 0 saturated carbocycles. The van der Waals surface area contributed by atoms with Gasteiger partial charge in [-0.1, -0.05) is 54.1 Å². The zero-order valence-corrected chi connectivity index (χ0v) is 15.0. The second-order valence-electron chi connectivity index (χ2n) is 5.79. The number of fused-ring (bicyclic) bond motifs is 1. The van der Waals surface area contributed by atoms with Crippen molar-refractivity contribution in [3.63, 3.8) is 0 Å². The first-order valence-electron chi connectivity index (χ1n) is 8.07. The lowest BCUT2D eigenvalue weighted by molar-refractivity contribution is -0.141. The first kappa shape index (κ1) is 18.0. The number of benzene rings is 3. The minimum atomic E-state index is -0.451. The molecule has 4 nitrogen and oxygen atoms in total. The van der Waals surface area contributed by atoms with Gasteiger partial charge < -0.3 is 9.47 Å². The van der Waals surface area contributed by atoms with E-state index in [4.69, 9.17) is 21.1 Å². The highest BCUT2D eigenvalue weighted by Gasteiger charge is 2.13. The predicted molar refractivity (Wildman–Crippen MR) is 101 cm³/mol. The van der Waals surface area contributed by atoms with E-state index in [0.717, 1.165) is 16.3 Å². The number of halogens is 1. The van der Waals surface area contributed by atoms with Crippen LogP contribution in [0.4, 0.5) is 0 Å². The average Bonchev–Trinajstić information content (AvgIpc) is 2.66. The molecule has 0 amide bonds. The molecule has 0 aliphatic carbocycles. The van der Waals surface area contributed by atoms with Gasteiger partial charge in [0.15, 0.2) is 12.4 Å². The minimum absolute atomic E-state index is 0.113. The Morgan fingerprint density at radius 3 is 2.46 bits per heavy atom. The van der Waals surface area contributed by atoms with E-state index < -0.39 is 5.97 Å². The molecule has 0 heterocycles. The topological polar surface area (TPSA) is 52.6 Å². The summed E-state index contributed by atoms with van der Waals surface area (Å²) in [6.45, 7) is -0.324. The van der Waals surface area contributed by atoms with Crippen LogP contribution in [0.2, 0.25) is 5.02 Å². The summed E-state index contributed by atoms with van der Waals surface area (Å²) in [5.74, 6) is -0.286. The van der Waals surface area contributed by atoms with E-state index in [9.17, 15) is 9.59 Å². The largest absolute Gasteiger partial charge is 0.495 e. The molecule has 0 atom stereocenters. The zero-order valence-electron chi connectivity index (χ0n) is 14.2. The van der Waals surface area contributed by atoms with Gasteiger partial charge in [-0.05, 0) is 34.5 Å². The highest BCUT2D eigenvalue weighted by molar-refractivity contribution is 6.32. The summed E-state index contributed by atoms with van der Waals surface area (Å²) in [6, 6.07) is 18.4. The summed E-state index contributed by atoms with van der Waals surface area (Å²) in [5, 5.41) is 2.50. The van der Waals surface area contributed by atoms with Crippen LogP contribution in [0.15, 0.2) is 60.7 Å². The molecule has 0 saturated heterocycles. The van der Waals surface area contributed by atoms with Crippen molar-refractivity contribution < 1.29 is 19.1 Å². The summed E-state index contributed by atoms with van der Waals surface area (Å²) < 4.78 is 10.2. The van der Waals surface area contributed by atoms with Crippen molar-refractivity contribution in [3.05, 3.63) is 76.8 Å². The maximum Gasteiger partial charge on any atom is 0.310 e. The van der Waals surface area contributed by atoms with Gasteiger partial charge in [0, 0.05) is 5.56 Å². The lowest BCUT2D eigenvalue weighted by atomic mass is 10.1. The summed E-state index contributed by atoms with van der Waals surface area (Å²) in [5.41, 5.74) is 1.21. The second-order valence-corrected chi connectivity index (χ2v) is 6.20. The molecular weight excluding hydrogens is 352 g/mol. The van der Waals surface area contributed by atoms with Gasteiger partial charge in [-0.15, -0.1) is 0 Å². The van der Waals surface area contributed by atoms with Gasteiger partial charge in [-0.3, -0.25) is 9.59 Å². The third kappa shape index (κ3) is 4.21. The molecular formula is C21H17ClO4. The van der Waals surface area contributed by atoms with Crippen LogP contribution in [0, 0.1) is 0 Å². The van der Waals surface area contributed by atoms with Crippen LogP contribution < -0.4 is 4.74 Å². The van der Waals surface area contributed by atoms with E-state index in [-0.39, 0.29) is 18.8 Å². The quantitative estimate of drug-likeness (QED) is 0.476. The molecule has 0 fully saturated rings. The van der Waals surface area contributed by atoms with Gasteiger partial charge >= 0.3 is 5.97 Å². The number of carbonyl (C=O) groups excluding carboxylic acids is 2. The van der Waals surface area contributed by atoms with Crippen LogP contribution in [0.25, 0.3) is 10.8 Å². The predicted octanol–water partition coefficient (Wildman–Crippen LogP) is 4.47. The first-order valence-corrected chi connectivity index (χ1v) is 8.44. The van der Waals surface area contributed by atoms with Gasteiger partial charge in [0.1, 0.15) is 5.75 Å². The molecule has 3 rings (SSSR count). The number of carbonyl (C=O) groups is 2. The van der Waals surface area contributed by atoms with E-state index in [1.54, 1.807) is 12.1 Å². The molecule has 0 aromatic heterocycles. The second kappa shape index (κ2) is 8.02. The van der Waals surface area contributed by atoms with Crippen molar-refractivity contribution >= 4 is 34.1 Å². The lowest BCUT2D eigenvalue weighted by Gasteiger charge is -2.07. The maximum atomic E-state index is 12.2. The number of esters is 1. The van der Waals surface area contributed by atoms with Gasteiger partial charge in [0.05, 0.1) is 18.6 Å². The van der Waals surface area contributed by atoms with E-state index in [1.807, 2.05) is 42.5 Å². The van der Waals surface area contributed by atoms with Gasteiger partial charge in [0.25, 0.3) is 0 Å². The number of ketones is 1. The number of ether oxygens (including phenoxy) is 2. The van der Waals surface area contributed by atoms with Crippen molar-refractivity contribution in [1.82, 2.24) is 0 Å². The monoisotopic (exact) mass is 368 g/mol. The number of methoxy groups -OCH3 is 1. The maximum absolute atomic E-state index is 12.2. The fourth-order valence-corrected chi connectivity index (χ4v) is 2.89. The van der Waals surface area contributed by atoms with Crippen molar-refractivity contribution in [1.29, 1.82) is 0 Å². The van der Waals surface area contributed by atoms with Crippen LogP contribution in [-0.4, -0.2) is 25.5 Å². The van der Waals surface area contributed by atoms with Crippen LogP contribution in [0.3, 0.4) is 0 Å². The number of hydrogen-bond donors (Lipinski definition) is 0. The van der Waals surface area contributed by atoms with Crippen LogP contribution in [0.5, 0.6) is 5.75 Å². The Bertz CT molecular complexity index is 965. The van der Waals surface area contributed by atoms with Crippen LogP contribution >= 0.6 is 11.6 Å². The van der Waals surface area contributed by atoms with E-state index in [2.05, 4.69) is 0 Å². The molecule has 0 aliphatic rings. The minimum Gasteiger partial charge on any atom is -0.495 e. The molecule has 0 N–H and O–H groups in total. The summed E-state index contributed by atoms with van der Waals surface area (Å²) in [6.07, 6.45) is 0.113. The number of Topliss-reactive ketones (excluding diaryl/α,β-unsaturated/α-hetero) is 1. The smallest absolute Gasteiger partial charge is 0.310 e. The molecule has 0 radical (unpaired) electrons. The third-order valence-electron chi connectivity index (χ3n) is 4.00. The van der Waals surface area contributed by atoms with Crippen molar-refractivity contribution in [3.8, 4) is 5.75 Å². The van der Waals surface area contributed by atoms with Crippen LogP contribution in [0.1, 0.15) is 15.9 Å². The fourth-order valence-electron chi connectivity index (χ4n) is 2.64. The van der Waals surface area contributed by atoms with Gasteiger partial charge in [-0.2, -0.15) is 0 Å². The molecule has 26 heavy (non-hydrogen) atoms. The summed E-state index contributed by atoms with van der Waals surface area (Å²) in [4.78, 5) is 24.2. The van der Waals surface area contributed by atoms with Crippen molar-refractivity contribution in [2.45, 2.75) is 6.42 Å². The lowest BCUT2D eigenvalue weighted by Crippen LogP contribution is -2.15. The summed E-state index contributed by atoms with van der Waals surface area (Å²) >= 11 is 6.01. The molecule has 132 valence electrons. The van der Waals surface area contributed by atoms with Gasteiger partial charge in [0.2, 0.25) is 0 Å². The summed E-state index contributed by atoms with van der Waals surface area (Å²) in [7, 11) is 1.50. The van der Waals surface area contributed by atoms with E-state index in [0.29, 0.717) is 16.3 Å². The van der Waals surface area contributed by atoms with E-state index in [1.165, 1.54) is 13.2 Å². The highest BCUT2D eigenvalue weighted by Crippen LogP contribution is 2.25. The Morgan fingerprint density at radius 2 is 1.73 bits per heavy atom. The molecule has 3 aromatic carbocycles. The molecule has 0 unspecified atom stereocenters. The Kier molecular flexibility index (Phi) is 5.54. The Labute approximate surface area is 156 Å². The van der Waals surface area contributed by atoms with Gasteiger partial charge in [-0.25, -0.2) is 0 Å². The Balaban J connectivity index is 1.59. The first-order chi connectivity index (χ1) is 12.6. The SMILES string of the molecule is COc1ccc(C(=O)COC(=O)Cc2ccc3ccccc3c2)cc1Cl. The molecule has 0 bridgehead atoms. The average molecular weight is 369 g/mol. The fraction of sp³-hybridized carbons (Fsp3) is 0.143. The number of rotatable bonds is 6. The molecule has 0 aliphatic heterocycles. The van der Waals surface area contributed by atoms with E-state index >= 15 is 0 Å². The van der Waals surface area contributed by atoms with Crippen LogP contribution in [-0.2, 0) is 16.0 Å². The Morgan fingerprint density at radius 1 is 0.962 bits per heavy atom. The molecule has 0 spiro atoms. The molecule has 5 heteroatoms. The third-order valence-corrected chi connectivity index (χ3v) is 4.30. The normalized spacial score (nSPS) is 10.5. The Hall–Kier alpha value is -2.85.